The first-order chi connectivity index (χ1) is 14.3. The van der Waals surface area contributed by atoms with E-state index in [0.717, 1.165) is 40.4 Å². The van der Waals surface area contributed by atoms with Crippen molar-refractivity contribution in [3.63, 3.8) is 0 Å². The third-order valence-electron chi connectivity index (χ3n) is 4.72. The molecule has 0 bridgehead atoms. The van der Waals surface area contributed by atoms with Gasteiger partial charge < -0.3 is 14.8 Å². The fourth-order valence-electron chi connectivity index (χ4n) is 3.25. The Morgan fingerprint density at radius 3 is 2.38 bits per heavy atom. The van der Waals surface area contributed by atoms with E-state index in [1.807, 2.05) is 47.3 Å². The molecule has 0 saturated heterocycles. The molecule has 0 spiro atoms. The van der Waals surface area contributed by atoms with Crippen molar-refractivity contribution in [3.8, 4) is 28.3 Å². The number of aliphatic hydroxyl groups excluding tert-OH is 1. The van der Waals surface area contributed by atoms with Crippen molar-refractivity contribution in [1.29, 1.82) is 0 Å². The highest BCUT2D eigenvalue weighted by molar-refractivity contribution is 5.66. The molecule has 2 heterocycles. The molecule has 148 valence electrons. The van der Waals surface area contributed by atoms with Crippen LogP contribution in [0.1, 0.15) is 12.0 Å². The number of halogens is 1. The predicted molar refractivity (Wildman–Crippen MR) is 110 cm³/mol. The molecule has 0 aliphatic rings. The molecular weight excluding hydrogens is 369 g/mol. The van der Waals surface area contributed by atoms with Gasteiger partial charge in [-0.3, -0.25) is 0 Å². The molecule has 0 radical (unpaired) electrons. The van der Waals surface area contributed by atoms with Crippen LogP contribution in [0.4, 0.5) is 4.39 Å². The van der Waals surface area contributed by atoms with Crippen LogP contribution in [0.15, 0.2) is 77.5 Å². The minimum Gasteiger partial charge on any atom is -0.463 e. The van der Waals surface area contributed by atoms with E-state index in [0.29, 0.717) is 13.0 Å². The molecule has 0 amide bonds. The molecule has 0 aliphatic carbocycles. The largest absolute Gasteiger partial charge is 0.463 e. The van der Waals surface area contributed by atoms with Gasteiger partial charge in [-0.1, -0.05) is 24.3 Å². The molecule has 0 fully saturated rings. The zero-order valence-corrected chi connectivity index (χ0v) is 15.9. The maximum Gasteiger partial charge on any atom is 0.152 e. The zero-order chi connectivity index (χ0) is 20.1. The van der Waals surface area contributed by atoms with Gasteiger partial charge in [0.05, 0.1) is 18.1 Å². The second kappa shape index (κ2) is 8.86. The van der Waals surface area contributed by atoms with Crippen LogP contribution in [-0.2, 0) is 6.54 Å². The minimum atomic E-state index is -0.245. The second-order valence-corrected chi connectivity index (χ2v) is 6.72. The van der Waals surface area contributed by atoms with Crippen molar-refractivity contribution in [3.05, 3.63) is 84.5 Å². The van der Waals surface area contributed by atoms with E-state index in [4.69, 9.17) is 9.52 Å². The lowest BCUT2D eigenvalue weighted by molar-refractivity contribution is 0.286. The van der Waals surface area contributed by atoms with Crippen LogP contribution >= 0.6 is 0 Å². The minimum absolute atomic E-state index is 0.164. The molecule has 0 unspecified atom stereocenters. The van der Waals surface area contributed by atoms with Gasteiger partial charge in [-0.25, -0.2) is 9.07 Å². The maximum absolute atomic E-state index is 13.2. The van der Waals surface area contributed by atoms with Gasteiger partial charge in [-0.2, -0.15) is 5.10 Å². The number of rotatable bonds is 8. The third kappa shape index (κ3) is 4.29. The van der Waals surface area contributed by atoms with Gasteiger partial charge in [0.15, 0.2) is 5.76 Å². The van der Waals surface area contributed by atoms with Crippen LogP contribution in [0, 0.1) is 5.82 Å². The van der Waals surface area contributed by atoms with E-state index in [9.17, 15) is 4.39 Å². The lowest BCUT2D eigenvalue weighted by Gasteiger charge is -2.10. The first-order valence-electron chi connectivity index (χ1n) is 9.55. The number of benzene rings is 2. The van der Waals surface area contributed by atoms with Crippen molar-refractivity contribution < 1.29 is 13.9 Å². The van der Waals surface area contributed by atoms with Crippen molar-refractivity contribution >= 4 is 0 Å². The Morgan fingerprint density at radius 2 is 1.72 bits per heavy atom. The summed E-state index contributed by atoms with van der Waals surface area (Å²) in [5, 5.41) is 16.8. The molecule has 2 N–H and O–H groups in total. The van der Waals surface area contributed by atoms with Gasteiger partial charge in [0, 0.05) is 18.7 Å². The highest BCUT2D eigenvalue weighted by atomic mass is 19.1. The molecule has 4 aromatic rings. The molecule has 29 heavy (non-hydrogen) atoms. The van der Waals surface area contributed by atoms with E-state index in [1.54, 1.807) is 18.4 Å². The van der Waals surface area contributed by atoms with Gasteiger partial charge in [0.25, 0.3) is 0 Å². The van der Waals surface area contributed by atoms with E-state index in [2.05, 4.69) is 10.4 Å². The van der Waals surface area contributed by atoms with E-state index >= 15 is 0 Å². The molecule has 0 aliphatic heterocycles. The summed E-state index contributed by atoms with van der Waals surface area (Å²) < 4.78 is 20.7. The monoisotopic (exact) mass is 391 g/mol. The maximum atomic E-state index is 13.2. The number of nitrogens with one attached hydrogen (secondary N) is 1. The number of aromatic nitrogens is 2. The first kappa shape index (κ1) is 19.1. The Kier molecular flexibility index (Phi) is 5.84. The third-order valence-corrected chi connectivity index (χ3v) is 4.72. The Morgan fingerprint density at radius 1 is 1.00 bits per heavy atom. The average Bonchev–Trinajstić information content (AvgIpc) is 3.42. The fourth-order valence-corrected chi connectivity index (χ4v) is 3.25. The summed E-state index contributed by atoms with van der Waals surface area (Å²) >= 11 is 0. The topological polar surface area (TPSA) is 63.2 Å². The smallest absolute Gasteiger partial charge is 0.152 e. The molecule has 6 heteroatoms. The normalized spacial score (nSPS) is 11.1. The summed E-state index contributed by atoms with van der Waals surface area (Å²) in [5.74, 6) is 0.495. The average molecular weight is 391 g/mol. The highest BCUT2D eigenvalue weighted by Crippen LogP contribution is 2.28. The fraction of sp³-hybridized carbons (Fsp3) is 0.174. The summed E-state index contributed by atoms with van der Waals surface area (Å²) in [6.07, 6.45) is 4.18. The molecule has 2 aromatic carbocycles. The van der Waals surface area contributed by atoms with Crippen LogP contribution in [0.3, 0.4) is 0 Å². The van der Waals surface area contributed by atoms with Gasteiger partial charge in [-0.15, -0.1) is 0 Å². The lowest BCUT2D eigenvalue weighted by Crippen LogP contribution is -2.16. The van der Waals surface area contributed by atoms with Gasteiger partial charge in [-0.05, 0) is 60.5 Å². The van der Waals surface area contributed by atoms with Crippen LogP contribution in [0.2, 0.25) is 0 Å². The van der Waals surface area contributed by atoms with Crippen molar-refractivity contribution in [2.24, 2.45) is 0 Å². The van der Waals surface area contributed by atoms with Crippen molar-refractivity contribution in [2.45, 2.75) is 13.0 Å². The van der Waals surface area contributed by atoms with Gasteiger partial charge in [0.1, 0.15) is 11.5 Å². The SMILES string of the molecule is OCCCNCc1cnn(-c2ccc(-c3ccc(F)cc3)cc2)c1-c1ccco1. The summed E-state index contributed by atoms with van der Waals surface area (Å²) in [7, 11) is 0. The second-order valence-electron chi connectivity index (χ2n) is 6.72. The Balaban J connectivity index is 1.63. The van der Waals surface area contributed by atoms with Gasteiger partial charge in [0.2, 0.25) is 0 Å². The zero-order valence-electron chi connectivity index (χ0n) is 15.9. The van der Waals surface area contributed by atoms with Crippen LogP contribution < -0.4 is 5.32 Å². The predicted octanol–water partition coefficient (Wildman–Crippen LogP) is 4.41. The first-order valence-corrected chi connectivity index (χ1v) is 9.55. The number of furan rings is 1. The quantitative estimate of drug-likeness (QED) is 0.437. The summed E-state index contributed by atoms with van der Waals surface area (Å²) in [6, 6.07) is 18.2. The molecule has 0 atom stereocenters. The molecule has 0 saturated carbocycles. The molecular formula is C23H22FN3O2. The summed E-state index contributed by atoms with van der Waals surface area (Å²) in [5.41, 5.74) is 4.77. The summed E-state index contributed by atoms with van der Waals surface area (Å²) in [4.78, 5) is 0. The number of nitrogens with zero attached hydrogens (tertiary/aromatic N) is 2. The molecule has 4 rings (SSSR count). The lowest BCUT2D eigenvalue weighted by atomic mass is 10.1. The molecule has 5 nitrogen and oxygen atoms in total. The highest BCUT2D eigenvalue weighted by Gasteiger charge is 2.16. The van der Waals surface area contributed by atoms with Crippen LogP contribution in [-0.4, -0.2) is 28.0 Å². The van der Waals surface area contributed by atoms with E-state index < -0.39 is 0 Å². The van der Waals surface area contributed by atoms with Gasteiger partial charge >= 0.3 is 0 Å². The van der Waals surface area contributed by atoms with Crippen LogP contribution in [0.25, 0.3) is 28.3 Å². The molecule has 2 aromatic heterocycles. The number of hydrogen-bond acceptors (Lipinski definition) is 4. The van der Waals surface area contributed by atoms with E-state index in [-0.39, 0.29) is 12.4 Å². The van der Waals surface area contributed by atoms with Crippen molar-refractivity contribution in [2.75, 3.05) is 13.2 Å². The van der Waals surface area contributed by atoms with Crippen LogP contribution in [0.5, 0.6) is 0 Å². The number of aliphatic hydroxyl groups is 1. The number of hydrogen-bond donors (Lipinski definition) is 2. The van der Waals surface area contributed by atoms with Crippen molar-refractivity contribution in [1.82, 2.24) is 15.1 Å². The Hall–Kier alpha value is -3.22. The standard InChI is InChI=1S/C23H22FN3O2/c24-20-8-4-17(5-9-20)18-6-10-21(11-7-18)27-23(22-3-1-14-29-22)19(16-26-27)15-25-12-2-13-28/h1,3-11,14,16,25,28H,2,12-13,15H2. The summed E-state index contributed by atoms with van der Waals surface area (Å²) in [6.45, 7) is 1.52. The Labute approximate surface area is 168 Å². The van der Waals surface area contributed by atoms with E-state index in [1.165, 1.54) is 12.1 Å². The Bertz CT molecular complexity index is 1040.